The van der Waals surface area contributed by atoms with Gasteiger partial charge in [0.15, 0.2) is 5.57 Å². The molecule has 0 spiro atoms. The summed E-state index contributed by atoms with van der Waals surface area (Å²) in [6.45, 7) is 5.70. The molecular weight excluding hydrogens is 342 g/mol. The van der Waals surface area contributed by atoms with Gasteiger partial charge in [-0.3, -0.25) is 0 Å². The fourth-order valence-electron chi connectivity index (χ4n) is 1.79. The van der Waals surface area contributed by atoms with Crippen molar-refractivity contribution in [2.24, 2.45) is 0 Å². The molecule has 1 heterocycles. The Bertz CT molecular complexity index is 611. The molecule has 0 radical (unpaired) electrons. The molecule has 25 heavy (non-hydrogen) atoms. The predicted molar refractivity (Wildman–Crippen MR) is 95.9 cm³/mol. The molecule has 0 aliphatic carbocycles. The van der Waals surface area contributed by atoms with Crippen molar-refractivity contribution in [2.45, 2.75) is 20.4 Å². The lowest BCUT2D eigenvalue weighted by atomic mass is 10.2. The maximum atomic E-state index is 12.0. The van der Waals surface area contributed by atoms with Crippen molar-refractivity contribution in [3.05, 3.63) is 34.5 Å². The minimum absolute atomic E-state index is 0.0529. The third kappa shape index (κ3) is 7.45. The Hall–Kier alpha value is -2.24. The van der Waals surface area contributed by atoms with Gasteiger partial charge >= 0.3 is 5.97 Å². The zero-order valence-corrected chi connectivity index (χ0v) is 15.5. The second kappa shape index (κ2) is 12.2. The third-order valence-corrected chi connectivity index (χ3v) is 3.71. The summed E-state index contributed by atoms with van der Waals surface area (Å²) in [4.78, 5) is 16.2. The van der Waals surface area contributed by atoms with E-state index in [1.54, 1.807) is 18.5 Å². The summed E-state index contributed by atoms with van der Waals surface area (Å²) >= 11 is 1.27. The average molecular weight is 365 g/mol. The molecule has 0 fully saturated rings. The van der Waals surface area contributed by atoms with Crippen molar-refractivity contribution in [3.63, 3.8) is 0 Å². The SMILES string of the molecule is CCOCCOC(=O)/C(C#N)=C(\NCc1ccc(OCC)nc1)SC. The highest BCUT2D eigenvalue weighted by atomic mass is 32.2. The molecule has 0 saturated heterocycles. The number of nitrogens with zero attached hydrogens (tertiary/aromatic N) is 2. The summed E-state index contributed by atoms with van der Waals surface area (Å²) in [7, 11) is 0. The van der Waals surface area contributed by atoms with Crippen LogP contribution in [0, 0.1) is 11.3 Å². The smallest absolute Gasteiger partial charge is 0.351 e. The summed E-state index contributed by atoms with van der Waals surface area (Å²) in [5.74, 6) is -0.105. The molecule has 1 rings (SSSR count). The van der Waals surface area contributed by atoms with Crippen molar-refractivity contribution in [2.75, 3.05) is 32.7 Å². The molecule has 7 nitrogen and oxygen atoms in total. The molecule has 0 unspecified atom stereocenters. The fraction of sp³-hybridized carbons (Fsp3) is 0.471. The Morgan fingerprint density at radius 2 is 2.12 bits per heavy atom. The van der Waals surface area contributed by atoms with Crippen LogP contribution >= 0.6 is 11.8 Å². The predicted octanol–water partition coefficient (Wildman–Crippen LogP) is 2.25. The molecular formula is C17H23N3O4S. The lowest BCUT2D eigenvalue weighted by molar-refractivity contribution is -0.140. The van der Waals surface area contributed by atoms with E-state index < -0.39 is 5.97 Å². The highest BCUT2D eigenvalue weighted by Crippen LogP contribution is 2.16. The number of esters is 1. The number of hydrogen-bond acceptors (Lipinski definition) is 8. The molecule has 0 bridgehead atoms. The van der Waals surface area contributed by atoms with E-state index in [2.05, 4.69) is 10.3 Å². The fourth-order valence-corrected chi connectivity index (χ4v) is 2.34. The molecule has 136 valence electrons. The van der Waals surface area contributed by atoms with Crippen LogP contribution in [0.2, 0.25) is 0 Å². The highest BCUT2D eigenvalue weighted by Gasteiger charge is 2.16. The molecule has 0 amide bonds. The van der Waals surface area contributed by atoms with Crippen molar-refractivity contribution < 1.29 is 19.0 Å². The summed E-state index contributed by atoms with van der Waals surface area (Å²) in [5.41, 5.74) is 0.847. The Balaban J connectivity index is 2.68. The molecule has 1 aromatic heterocycles. The molecule has 0 aliphatic heterocycles. The first-order valence-electron chi connectivity index (χ1n) is 7.91. The highest BCUT2D eigenvalue weighted by molar-refractivity contribution is 8.02. The first-order valence-corrected chi connectivity index (χ1v) is 9.13. The number of rotatable bonds is 11. The molecule has 8 heteroatoms. The first-order chi connectivity index (χ1) is 12.2. The topological polar surface area (TPSA) is 93.5 Å². The summed E-state index contributed by atoms with van der Waals surface area (Å²) in [6.07, 6.45) is 3.46. The minimum Gasteiger partial charge on any atom is -0.478 e. The van der Waals surface area contributed by atoms with Crippen LogP contribution in [0.3, 0.4) is 0 Å². The van der Waals surface area contributed by atoms with Gasteiger partial charge in [-0.15, -0.1) is 11.8 Å². The van der Waals surface area contributed by atoms with Crippen LogP contribution in [-0.2, 0) is 20.8 Å². The quantitative estimate of drug-likeness (QED) is 0.276. The van der Waals surface area contributed by atoms with Gasteiger partial charge in [-0.1, -0.05) is 6.07 Å². The van der Waals surface area contributed by atoms with Gasteiger partial charge in [0.1, 0.15) is 12.7 Å². The minimum atomic E-state index is -0.663. The standard InChI is InChI=1S/C17H23N3O4S/c1-4-22-8-9-24-17(21)14(10-18)16(25-3)20-12-13-6-7-15(19-11-13)23-5-2/h6-7,11,20H,4-5,8-9,12H2,1-3H3/b16-14+. The molecule has 0 aliphatic rings. The Kier molecular flexibility index (Phi) is 10.1. The monoisotopic (exact) mass is 365 g/mol. The van der Waals surface area contributed by atoms with Crippen LogP contribution in [-0.4, -0.2) is 43.6 Å². The van der Waals surface area contributed by atoms with E-state index in [1.165, 1.54) is 11.8 Å². The molecule has 0 saturated carbocycles. The van der Waals surface area contributed by atoms with Crippen molar-refractivity contribution in [1.82, 2.24) is 10.3 Å². The normalized spacial score (nSPS) is 11.3. The first kappa shape index (κ1) is 20.8. The van der Waals surface area contributed by atoms with Gasteiger partial charge in [0.05, 0.1) is 18.2 Å². The summed E-state index contributed by atoms with van der Waals surface area (Å²) < 4.78 is 15.4. The second-order valence-corrected chi connectivity index (χ2v) is 5.46. The van der Waals surface area contributed by atoms with E-state index in [4.69, 9.17) is 14.2 Å². The summed E-state index contributed by atoms with van der Waals surface area (Å²) in [5, 5.41) is 12.8. The maximum Gasteiger partial charge on any atom is 0.351 e. The number of carbonyl (C=O) groups is 1. The Morgan fingerprint density at radius 1 is 1.32 bits per heavy atom. The lowest BCUT2D eigenvalue weighted by Crippen LogP contribution is -2.19. The van der Waals surface area contributed by atoms with Crippen LogP contribution in [0.1, 0.15) is 19.4 Å². The largest absolute Gasteiger partial charge is 0.478 e. The number of pyridine rings is 1. The van der Waals surface area contributed by atoms with Crippen molar-refractivity contribution in [3.8, 4) is 11.9 Å². The zero-order valence-electron chi connectivity index (χ0n) is 14.7. The number of thioether (sulfide) groups is 1. The van der Waals surface area contributed by atoms with Crippen molar-refractivity contribution >= 4 is 17.7 Å². The molecule has 1 N–H and O–H groups in total. The number of aromatic nitrogens is 1. The van der Waals surface area contributed by atoms with Gasteiger partial charge in [0, 0.05) is 25.4 Å². The number of nitriles is 1. The molecule has 0 atom stereocenters. The number of nitrogens with one attached hydrogen (secondary N) is 1. The van der Waals surface area contributed by atoms with Crippen LogP contribution in [0.4, 0.5) is 0 Å². The maximum absolute atomic E-state index is 12.0. The second-order valence-electron chi connectivity index (χ2n) is 4.64. The number of carbonyl (C=O) groups excluding carboxylic acids is 1. The van der Waals surface area contributed by atoms with Gasteiger partial charge in [-0.2, -0.15) is 5.26 Å². The average Bonchev–Trinajstić information content (AvgIpc) is 2.63. The lowest BCUT2D eigenvalue weighted by Gasteiger charge is -2.11. The van der Waals surface area contributed by atoms with Gasteiger partial charge in [0.25, 0.3) is 0 Å². The molecule has 1 aromatic rings. The third-order valence-electron chi connectivity index (χ3n) is 2.95. The van der Waals surface area contributed by atoms with Gasteiger partial charge in [-0.25, -0.2) is 9.78 Å². The Morgan fingerprint density at radius 3 is 2.68 bits per heavy atom. The van der Waals surface area contributed by atoms with Crippen LogP contribution in [0.15, 0.2) is 28.9 Å². The van der Waals surface area contributed by atoms with Crippen LogP contribution in [0.5, 0.6) is 5.88 Å². The van der Waals surface area contributed by atoms with E-state index >= 15 is 0 Å². The van der Waals surface area contributed by atoms with E-state index in [-0.39, 0.29) is 12.2 Å². The van der Waals surface area contributed by atoms with E-state index in [0.717, 1.165) is 5.56 Å². The van der Waals surface area contributed by atoms with E-state index in [1.807, 2.05) is 26.0 Å². The summed E-state index contributed by atoms with van der Waals surface area (Å²) in [6, 6.07) is 5.55. The van der Waals surface area contributed by atoms with E-state index in [9.17, 15) is 10.1 Å². The van der Waals surface area contributed by atoms with Crippen LogP contribution < -0.4 is 10.1 Å². The van der Waals surface area contributed by atoms with Gasteiger partial charge < -0.3 is 19.5 Å². The molecule has 0 aromatic carbocycles. The number of hydrogen-bond donors (Lipinski definition) is 1. The zero-order chi connectivity index (χ0) is 18.5. The van der Waals surface area contributed by atoms with Gasteiger partial charge in [-0.05, 0) is 25.7 Å². The van der Waals surface area contributed by atoms with E-state index in [0.29, 0.717) is 37.3 Å². The van der Waals surface area contributed by atoms with Crippen LogP contribution in [0.25, 0.3) is 0 Å². The van der Waals surface area contributed by atoms with Gasteiger partial charge in [0.2, 0.25) is 5.88 Å². The van der Waals surface area contributed by atoms with Crippen molar-refractivity contribution in [1.29, 1.82) is 5.26 Å². The Labute approximate surface area is 152 Å². The number of ether oxygens (including phenoxy) is 3.